The molecular weight excluding hydrogens is 268 g/mol. The molecule has 1 aliphatic heterocycles. The summed E-state index contributed by atoms with van der Waals surface area (Å²) in [4.78, 5) is 17.1. The van der Waals surface area contributed by atoms with Gasteiger partial charge >= 0.3 is 0 Å². The molecule has 6 nitrogen and oxygen atoms in total. The van der Waals surface area contributed by atoms with Gasteiger partial charge in [-0.1, -0.05) is 0 Å². The Morgan fingerprint density at radius 2 is 2.29 bits per heavy atom. The number of hydrogen-bond donors (Lipinski definition) is 1. The van der Waals surface area contributed by atoms with Gasteiger partial charge in [0.05, 0.1) is 10.3 Å². The number of aromatic nitrogens is 1. The van der Waals surface area contributed by atoms with Crippen molar-refractivity contribution in [3.8, 4) is 0 Å². The molecular formula is C15H18N4O2. The van der Waals surface area contributed by atoms with Gasteiger partial charge in [-0.3, -0.25) is 15.1 Å². The smallest absolute Gasteiger partial charge is 0.277 e. The van der Waals surface area contributed by atoms with Gasteiger partial charge in [-0.15, -0.1) is 0 Å². The fourth-order valence-electron chi connectivity index (χ4n) is 2.99. The summed E-state index contributed by atoms with van der Waals surface area (Å²) in [6, 6.07) is 5.59. The molecule has 1 aliphatic rings. The molecule has 0 aliphatic carbocycles. The van der Waals surface area contributed by atoms with Crippen molar-refractivity contribution in [1.82, 2.24) is 10.3 Å². The van der Waals surface area contributed by atoms with E-state index in [2.05, 4.69) is 15.2 Å². The van der Waals surface area contributed by atoms with Crippen LogP contribution in [0.3, 0.4) is 0 Å². The van der Waals surface area contributed by atoms with Crippen molar-refractivity contribution in [2.45, 2.75) is 18.9 Å². The van der Waals surface area contributed by atoms with Gasteiger partial charge in [0.15, 0.2) is 0 Å². The van der Waals surface area contributed by atoms with Crippen LogP contribution in [-0.2, 0) is 0 Å². The summed E-state index contributed by atoms with van der Waals surface area (Å²) < 4.78 is 0. The van der Waals surface area contributed by atoms with E-state index < -0.39 is 0 Å². The third-order valence-electron chi connectivity index (χ3n) is 4.04. The van der Waals surface area contributed by atoms with Gasteiger partial charge in [0.25, 0.3) is 5.69 Å². The summed E-state index contributed by atoms with van der Waals surface area (Å²) in [6.07, 6.45) is 5.68. The number of fused-ring (bicyclic) bond motifs is 1. The van der Waals surface area contributed by atoms with Gasteiger partial charge in [0.1, 0.15) is 0 Å². The van der Waals surface area contributed by atoms with Crippen LogP contribution in [-0.4, -0.2) is 36.1 Å². The van der Waals surface area contributed by atoms with Crippen LogP contribution in [0.25, 0.3) is 10.8 Å². The predicted octanol–water partition coefficient (Wildman–Crippen LogP) is 2.33. The number of nitrogens with one attached hydrogen (secondary N) is 1. The zero-order valence-corrected chi connectivity index (χ0v) is 12.0. The highest BCUT2D eigenvalue weighted by Crippen LogP contribution is 2.32. The van der Waals surface area contributed by atoms with E-state index in [1.807, 2.05) is 13.1 Å². The van der Waals surface area contributed by atoms with E-state index in [0.29, 0.717) is 11.4 Å². The van der Waals surface area contributed by atoms with Crippen LogP contribution in [0.15, 0.2) is 30.6 Å². The molecule has 1 saturated heterocycles. The largest absolute Gasteiger partial charge is 0.372 e. The Balaban J connectivity index is 1.98. The molecule has 0 bridgehead atoms. The van der Waals surface area contributed by atoms with E-state index in [4.69, 9.17) is 0 Å². The summed E-state index contributed by atoms with van der Waals surface area (Å²) in [7, 11) is 2.02. The molecule has 1 atom stereocenters. The number of anilines is 1. The number of benzene rings is 1. The van der Waals surface area contributed by atoms with Crippen LogP contribution in [0.2, 0.25) is 0 Å². The Kier molecular flexibility index (Phi) is 3.70. The Bertz CT molecular complexity index is 668. The first-order chi connectivity index (χ1) is 10.2. The number of non-ortho nitro benzene ring substituents is 1. The second-order valence-corrected chi connectivity index (χ2v) is 5.46. The van der Waals surface area contributed by atoms with Crippen molar-refractivity contribution in [3.63, 3.8) is 0 Å². The van der Waals surface area contributed by atoms with Crippen LogP contribution in [0.4, 0.5) is 11.4 Å². The van der Waals surface area contributed by atoms with Gasteiger partial charge in [-0.05, 0) is 31.5 Å². The normalized spacial score (nSPS) is 18.0. The number of pyridine rings is 1. The van der Waals surface area contributed by atoms with Crippen molar-refractivity contribution in [3.05, 3.63) is 40.7 Å². The minimum Gasteiger partial charge on any atom is -0.372 e. The summed E-state index contributed by atoms with van der Waals surface area (Å²) >= 11 is 0. The Morgan fingerprint density at radius 3 is 3.00 bits per heavy atom. The number of rotatable bonds is 4. The lowest BCUT2D eigenvalue weighted by molar-refractivity contribution is -0.383. The standard InChI is InChI=1S/C15H18N4O2/c1-18(10-11-3-2-7-17-11)14-4-5-15(19(20)21)12-6-8-16-9-13(12)14/h4-6,8-9,11,17H,2-3,7,10H2,1H3. The molecule has 0 radical (unpaired) electrons. The topological polar surface area (TPSA) is 71.3 Å². The zero-order chi connectivity index (χ0) is 14.8. The number of nitrogens with zero attached hydrogens (tertiary/aromatic N) is 3. The maximum Gasteiger partial charge on any atom is 0.277 e. The third kappa shape index (κ3) is 2.67. The number of nitro groups is 1. The van der Waals surface area contributed by atoms with Gasteiger partial charge < -0.3 is 10.2 Å². The maximum atomic E-state index is 11.1. The highest BCUT2D eigenvalue weighted by molar-refractivity contribution is 5.99. The van der Waals surface area contributed by atoms with Crippen LogP contribution in [0.1, 0.15) is 12.8 Å². The van der Waals surface area contributed by atoms with E-state index >= 15 is 0 Å². The van der Waals surface area contributed by atoms with Crippen LogP contribution in [0, 0.1) is 10.1 Å². The molecule has 110 valence electrons. The summed E-state index contributed by atoms with van der Waals surface area (Å²) in [5.74, 6) is 0. The molecule has 1 N–H and O–H groups in total. The summed E-state index contributed by atoms with van der Waals surface area (Å²) in [5, 5.41) is 16.1. The lowest BCUT2D eigenvalue weighted by Crippen LogP contribution is -2.35. The Morgan fingerprint density at radius 1 is 1.43 bits per heavy atom. The minimum atomic E-state index is -0.343. The highest BCUT2D eigenvalue weighted by atomic mass is 16.6. The fourth-order valence-corrected chi connectivity index (χ4v) is 2.99. The van der Waals surface area contributed by atoms with Crippen LogP contribution >= 0.6 is 0 Å². The number of hydrogen-bond acceptors (Lipinski definition) is 5. The van der Waals surface area contributed by atoms with Crippen LogP contribution in [0.5, 0.6) is 0 Å². The quantitative estimate of drug-likeness (QED) is 0.690. The first-order valence-electron chi connectivity index (χ1n) is 7.12. The Hall–Kier alpha value is -2.21. The number of nitro benzene ring substituents is 1. The molecule has 1 unspecified atom stereocenters. The molecule has 2 heterocycles. The van der Waals surface area contributed by atoms with E-state index in [-0.39, 0.29) is 10.6 Å². The molecule has 0 spiro atoms. The lowest BCUT2D eigenvalue weighted by atomic mass is 10.1. The maximum absolute atomic E-state index is 11.1. The average Bonchev–Trinajstić information content (AvgIpc) is 2.98. The Labute approximate surface area is 122 Å². The van der Waals surface area contributed by atoms with Crippen molar-refractivity contribution in [1.29, 1.82) is 0 Å². The molecule has 6 heteroatoms. The highest BCUT2D eigenvalue weighted by Gasteiger charge is 2.19. The lowest BCUT2D eigenvalue weighted by Gasteiger charge is -2.24. The molecule has 21 heavy (non-hydrogen) atoms. The average molecular weight is 286 g/mol. The fraction of sp³-hybridized carbons (Fsp3) is 0.400. The van der Waals surface area contributed by atoms with Gasteiger partial charge in [0, 0.05) is 49.2 Å². The first kappa shape index (κ1) is 13.8. The van der Waals surface area contributed by atoms with E-state index in [1.165, 1.54) is 12.8 Å². The summed E-state index contributed by atoms with van der Waals surface area (Å²) in [6.45, 7) is 1.96. The van der Waals surface area contributed by atoms with E-state index in [0.717, 1.165) is 24.2 Å². The SMILES string of the molecule is CN(CC1CCCN1)c1ccc([N+](=O)[O-])c2ccncc12. The van der Waals surface area contributed by atoms with Crippen molar-refractivity contribution >= 4 is 22.1 Å². The predicted molar refractivity (Wildman–Crippen MR) is 82.7 cm³/mol. The molecule has 3 rings (SSSR count). The number of likely N-dealkylation sites (N-methyl/N-ethyl adjacent to an activating group) is 1. The van der Waals surface area contributed by atoms with Gasteiger partial charge in [-0.2, -0.15) is 0 Å². The first-order valence-corrected chi connectivity index (χ1v) is 7.12. The minimum absolute atomic E-state index is 0.128. The van der Waals surface area contributed by atoms with Crippen molar-refractivity contribution in [2.75, 3.05) is 25.0 Å². The molecule has 2 aromatic rings. The van der Waals surface area contributed by atoms with Gasteiger partial charge in [-0.25, -0.2) is 0 Å². The van der Waals surface area contributed by atoms with Crippen molar-refractivity contribution in [2.24, 2.45) is 0 Å². The summed E-state index contributed by atoms with van der Waals surface area (Å²) in [5.41, 5.74) is 1.11. The molecule has 0 saturated carbocycles. The zero-order valence-electron chi connectivity index (χ0n) is 12.0. The van der Waals surface area contributed by atoms with Gasteiger partial charge in [0.2, 0.25) is 0 Å². The van der Waals surface area contributed by atoms with E-state index in [1.54, 1.807) is 24.5 Å². The second-order valence-electron chi connectivity index (χ2n) is 5.46. The molecule has 0 amide bonds. The third-order valence-corrected chi connectivity index (χ3v) is 4.04. The molecule has 1 aromatic heterocycles. The second kappa shape index (κ2) is 5.65. The monoisotopic (exact) mass is 286 g/mol. The van der Waals surface area contributed by atoms with Crippen molar-refractivity contribution < 1.29 is 4.92 Å². The van der Waals surface area contributed by atoms with E-state index in [9.17, 15) is 10.1 Å². The van der Waals surface area contributed by atoms with Crippen LogP contribution < -0.4 is 10.2 Å². The molecule has 1 fully saturated rings. The molecule has 1 aromatic carbocycles.